The fourth-order valence-corrected chi connectivity index (χ4v) is 3.22. The summed E-state index contributed by atoms with van der Waals surface area (Å²) in [5.41, 5.74) is 1.36. The van der Waals surface area contributed by atoms with Crippen LogP contribution in [0.3, 0.4) is 0 Å². The smallest absolute Gasteiger partial charge is 0.219 e. The number of piperidine rings is 1. The second-order valence-electron chi connectivity index (χ2n) is 6.37. The molecule has 1 heterocycles. The molecule has 1 saturated heterocycles. The van der Waals surface area contributed by atoms with Crippen LogP contribution in [0.15, 0.2) is 30.3 Å². The first kappa shape index (κ1) is 16.0. The molecule has 0 radical (unpaired) electrons. The highest BCUT2D eigenvalue weighted by Crippen LogP contribution is 2.21. The van der Waals surface area contributed by atoms with Crippen LogP contribution in [0.2, 0.25) is 0 Å². The third kappa shape index (κ3) is 4.57. The zero-order valence-electron chi connectivity index (χ0n) is 13.6. The molecule has 116 valence electrons. The maximum Gasteiger partial charge on any atom is 0.219 e. The van der Waals surface area contributed by atoms with Crippen LogP contribution >= 0.6 is 0 Å². The Labute approximate surface area is 128 Å². The van der Waals surface area contributed by atoms with Gasteiger partial charge in [-0.15, -0.1) is 0 Å². The number of carbonyl (C=O) groups is 1. The van der Waals surface area contributed by atoms with Gasteiger partial charge in [0.2, 0.25) is 5.91 Å². The Morgan fingerprint density at radius 2 is 2.00 bits per heavy atom. The zero-order chi connectivity index (χ0) is 15.2. The Kier molecular flexibility index (Phi) is 5.80. The average molecular weight is 288 g/mol. The van der Waals surface area contributed by atoms with E-state index in [9.17, 15) is 4.79 Å². The first-order valence-corrected chi connectivity index (χ1v) is 8.13. The molecule has 1 atom stereocenters. The van der Waals surface area contributed by atoms with E-state index in [1.165, 1.54) is 24.8 Å². The van der Waals surface area contributed by atoms with Crippen LogP contribution in [0.5, 0.6) is 0 Å². The van der Waals surface area contributed by atoms with Crippen molar-refractivity contribution in [2.45, 2.75) is 58.7 Å². The van der Waals surface area contributed by atoms with Gasteiger partial charge in [-0.1, -0.05) is 36.8 Å². The minimum atomic E-state index is 0.190. The maximum absolute atomic E-state index is 11.8. The fourth-order valence-electron chi connectivity index (χ4n) is 3.22. The van der Waals surface area contributed by atoms with Crippen molar-refractivity contribution in [2.24, 2.45) is 0 Å². The first-order chi connectivity index (χ1) is 10.1. The number of carbonyl (C=O) groups excluding carboxylic acids is 1. The molecule has 2 rings (SSSR count). The lowest BCUT2D eigenvalue weighted by Crippen LogP contribution is -2.49. The molecule has 0 saturated carbocycles. The highest BCUT2D eigenvalue weighted by molar-refractivity contribution is 5.73. The second-order valence-corrected chi connectivity index (χ2v) is 6.37. The predicted octanol–water partition coefficient (Wildman–Crippen LogP) is 3.30. The van der Waals surface area contributed by atoms with Crippen LogP contribution in [0.4, 0.5) is 0 Å². The van der Waals surface area contributed by atoms with Crippen molar-refractivity contribution in [3.63, 3.8) is 0 Å². The molecule has 0 bridgehead atoms. The van der Waals surface area contributed by atoms with Gasteiger partial charge < -0.3 is 4.90 Å². The molecule has 1 unspecified atom stereocenters. The van der Waals surface area contributed by atoms with Gasteiger partial charge >= 0.3 is 0 Å². The van der Waals surface area contributed by atoms with Crippen molar-refractivity contribution in [1.29, 1.82) is 0 Å². The summed E-state index contributed by atoms with van der Waals surface area (Å²) < 4.78 is 0. The van der Waals surface area contributed by atoms with Gasteiger partial charge in [0.05, 0.1) is 0 Å². The molecule has 0 spiro atoms. The third-order valence-corrected chi connectivity index (χ3v) is 4.41. The van der Waals surface area contributed by atoms with Crippen molar-refractivity contribution in [3.8, 4) is 0 Å². The lowest BCUT2D eigenvalue weighted by molar-refractivity contribution is -0.131. The number of likely N-dealkylation sites (tertiary alicyclic amines) is 1. The van der Waals surface area contributed by atoms with E-state index in [1.807, 2.05) is 4.90 Å². The topological polar surface area (TPSA) is 23.6 Å². The van der Waals surface area contributed by atoms with Crippen LogP contribution in [-0.4, -0.2) is 40.9 Å². The summed E-state index contributed by atoms with van der Waals surface area (Å²) in [6, 6.07) is 11.4. The summed E-state index contributed by atoms with van der Waals surface area (Å²) in [4.78, 5) is 16.4. The van der Waals surface area contributed by atoms with Gasteiger partial charge in [-0.05, 0) is 38.8 Å². The lowest BCUT2D eigenvalue weighted by atomic mass is 10.00. The molecular formula is C18H28N2O. The summed E-state index contributed by atoms with van der Waals surface area (Å²) in [6.07, 6.45) is 3.74. The van der Waals surface area contributed by atoms with Crippen LogP contribution in [0.25, 0.3) is 0 Å². The molecule has 0 aromatic heterocycles. The normalized spacial score (nSPS) is 19.7. The van der Waals surface area contributed by atoms with Crippen LogP contribution in [0, 0.1) is 0 Å². The van der Waals surface area contributed by atoms with Crippen LogP contribution < -0.4 is 0 Å². The largest absolute Gasteiger partial charge is 0.339 e. The molecule has 3 heteroatoms. The van der Waals surface area contributed by atoms with E-state index in [1.54, 1.807) is 6.92 Å². The number of amides is 1. The number of benzene rings is 1. The van der Waals surface area contributed by atoms with Gasteiger partial charge in [-0.2, -0.15) is 0 Å². The average Bonchev–Trinajstić information content (AvgIpc) is 2.46. The standard InChI is InChI=1S/C18H28N2O/c1-15(2)20(16(3)21)14-18-11-7-8-12-19(18)13-17-9-5-4-6-10-17/h4-6,9-10,15,18H,7-8,11-14H2,1-3H3. The number of rotatable bonds is 5. The van der Waals surface area contributed by atoms with Crippen molar-refractivity contribution in [1.82, 2.24) is 9.80 Å². The monoisotopic (exact) mass is 288 g/mol. The van der Waals surface area contributed by atoms with Crippen molar-refractivity contribution >= 4 is 5.91 Å². The predicted molar refractivity (Wildman–Crippen MR) is 87.0 cm³/mol. The Hall–Kier alpha value is -1.35. The quantitative estimate of drug-likeness (QED) is 0.830. The van der Waals surface area contributed by atoms with Crippen molar-refractivity contribution < 1.29 is 4.79 Å². The highest BCUT2D eigenvalue weighted by Gasteiger charge is 2.26. The van der Waals surface area contributed by atoms with Crippen molar-refractivity contribution in [2.75, 3.05) is 13.1 Å². The fraction of sp³-hybridized carbons (Fsp3) is 0.611. The number of nitrogens with zero attached hydrogens (tertiary/aromatic N) is 2. The van der Waals surface area contributed by atoms with Crippen molar-refractivity contribution in [3.05, 3.63) is 35.9 Å². The van der Waals surface area contributed by atoms with E-state index in [-0.39, 0.29) is 11.9 Å². The summed E-state index contributed by atoms with van der Waals surface area (Å²) in [5, 5.41) is 0. The molecule has 0 aliphatic carbocycles. The van der Waals surface area contributed by atoms with Gasteiger partial charge in [-0.25, -0.2) is 0 Å². The SMILES string of the molecule is CC(=O)N(CC1CCCCN1Cc1ccccc1)C(C)C. The number of hydrogen-bond acceptors (Lipinski definition) is 2. The zero-order valence-corrected chi connectivity index (χ0v) is 13.6. The second kappa shape index (κ2) is 7.60. The third-order valence-electron chi connectivity index (χ3n) is 4.41. The minimum absolute atomic E-state index is 0.190. The number of hydrogen-bond donors (Lipinski definition) is 0. The molecule has 1 aliphatic heterocycles. The molecule has 0 N–H and O–H groups in total. The van der Waals surface area contributed by atoms with E-state index in [4.69, 9.17) is 0 Å². The van der Waals surface area contributed by atoms with E-state index in [0.717, 1.165) is 19.6 Å². The molecular weight excluding hydrogens is 260 g/mol. The molecule has 21 heavy (non-hydrogen) atoms. The molecule has 1 aromatic carbocycles. The summed E-state index contributed by atoms with van der Waals surface area (Å²) in [5.74, 6) is 0.190. The molecule has 1 aromatic rings. The first-order valence-electron chi connectivity index (χ1n) is 8.13. The lowest BCUT2D eigenvalue weighted by Gasteiger charge is -2.39. The van der Waals surface area contributed by atoms with Gasteiger partial charge in [0.1, 0.15) is 0 Å². The molecule has 3 nitrogen and oxygen atoms in total. The summed E-state index contributed by atoms with van der Waals surface area (Å²) >= 11 is 0. The highest BCUT2D eigenvalue weighted by atomic mass is 16.2. The Morgan fingerprint density at radius 1 is 1.29 bits per heavy atom. The van der Waals surface area contributed by atoms with Crippen LogP contribution in [-0.2, 0) is 11.3 Å². The van der Waals surface area contributed by atoms with Gasteiger partial charge in [0.25, 0.3) is 0 Å². The van der Waals surface area contributed by atoms with E-state index in [2.05, 4.69) is 49.1 Å². The van der Waals surface area contributed by atoms with Gasteiger partial charge in [-0.3, -0.25) is 9.69 Å². The summed E-state index contributed by atoms with van der Waals surface area (Å²) in [6.45, 7) is 8.89. The van der Waals surface area contributed by atoms with Gasteiger partial charge in [0.15, 0.2) is 0 Å². The van der Waals surface area contributed by atoms with Gasteiger partial charge in [0, 0.05) is 32.1 Å². The van der Waals surface area contributed by atoms with E-state index >= 15 is 0 Å². The Balaban J connectivity index is 2.03. The van der Waals surface area contributed by atoms with Crippen LogP contribution in [0.1, 0.15) is 45.6 Å². The maximum atomic E-state index is 11.8. The molecule has 1 aliphatic rings. The Bertz CT molecular complexity index is 444. The molecule has 1 fully saturated rings. The van der Waals surface area contributed by atoms with E-state index < -0.39 is 0 Å². The summed E-state index contributed by atoms with van der Waals surface area (Å²) in [7, 11) is 0. The molecule has 1 amide bonds. The Morgan fingerprint density at radius 3 is 2.62 bits per heavy atom. The van der Waals surface area contributed by atoms with E-state index in [0.29, 0.717) is 6.04 Å². The minimum Gasteiger partial charge on any atom is -0.339 e.